The number of nitro benzene ring substituents is 1. The second-order valence-corrected chi connectivity index (χ2v) is 5.16. The number of non-ortho nitro benzene ring substituents is 1. The first-order valence-electron chi connectivity index (χ1n) is 5.74. The Hall–Kier alpha value is -2.88. The monoisotopic (exact) mass is 324 g/mol. The fraction of sp³-hybridized carbons (Fsp3) is 0.0833. The maximum atomic E-state index is 11.9. The average molecular weight is 324 g/mol. The number of nitrogens with zero attached hydrogens (tertiary/aromatic N) is 2. The Morgan fingerprint density at radius 3 is 2.68 bits per heavy atom. The molecule has 2 amide bonds. The summed E-state index contributed by atoms with van der Waals surface area (Å²) in [6.45, 7) is -0.775. The van der Waals surface area contributed by atoms with E-state index in [9.17, 15) is 29.6 Å². The van der Waals surface area contributed by atoms with Crippen molar-refractivity contribution >= 4 is 40.6 Å². The van der Waals surface area contributed by atoms with Crippen LogP contribution >= 0.6 is 11.8 Å². The molecule has 0 unspecified atom stereocenters. The van der Waals surface area contributed by atoms with Gasteiger partial charge in [0.05, 0.1) is 9.83 Å². The fourth-order valence-corrected chi connectivity index (χ4v) is 2.51. The maximum Gasteiger partial charge on any atom is 0.323 e. The largest absolute Gasteiger partial charge is 0.507 e. The summed E-state index contributed by atoms with van der Waals surface area (Å²) < 4.78 is 0. The highest BCUT2D eigenvalue weighted by molar-refractivity contribution is 8.18. The molecule has 1 aliphatic heterocycles. The van der Waals surface area contributed by atoms with Crippen LogP contribution in [0.1, 0.15) is 5.56 Å². The van der Waals surface area contributed by atoms with Gasteiger partial charge in [-0.2, -0.15) is 0 Å². The number of benzene rings is 1. The SMILES string of the molecule is O=C(O)CN1C(=O)SC(=Cc2cc([N+](=O)[O-])ccc2O)C1=O. The summed E-state index contributed by atoms with van der Waals surface area (Å²) in [4.78, 5) is 44.5. The lowest BCUT2D eigenvalue weighted by Gasteiger charge is -2.07. The Kier molecular flexibility index (Phi) is 4.13. The van der Waals surface area contributed by atoms with E-state index >= 15 is 0 Å². The van der Waals surface area contributed by atoms with Gasteiger partial charge in [0.2, 0.25) is 0 Å². The summed E-state index contributed by atoms with van der Waals surface area (Å²) >= 11 is 0.496. The van der Waals surface area contributed by atoms with Crippen LogP contribution in [0.4, 0.5) is 10.5 Å². The van der Waals surface area contributed by atoms with Crippen molar-refractivity contribution in [1.82, 2.24) is 4.90 Å². The van der Waals surface area contributed by atoms with Crippen LogP contribution in [0.5, 0.6) is 5.75 Å². The Bertz CT molecular complexity index is 728. The highest BCUT2D eigenvalue weighted by Gasteiger charge is 2.36. The van der Waals surface area contributed by atoms with Gasteiger partial charge in [0.25, 0.3) is 16.8 Å². The smallest absolute Gasteiger partial charge is 0.323 e. The quantitative estimate of drug-likeness (QED) is 0.481. The highest BCUT2D eigenvalue weighted by Crippen LogP contribution is 2.34. The lowest BCUT2D eigenvalue weighted by atomic mass is 10.1. The predicted molar refractivity (Wildman–Crippen MR) is 75.1 cm³/mol. The molecule has 9 nitrogen and oxygen atoms in total. The van der Waals surface area contributed by atoms with Gasteiger partial charge in [-0.3, -0.25) is 29.4 Å². The van der Waals surface area contributed by atoms with E-state index in [0.717, 1.165) is 24.3 Å². The molecule has 2 N–H and O–H groups in total. The molecule has 114 valence electrons. The number of hydrogen-bond acceptors (Lipinski definition) is 7. The van der Waals surface area contributed by atoms with Crippen molar-refractivity contribution in [3.63, 3.8) is 0 Å². The third-order valence-electron chi connectivity index (χ3n) is 2.68. The number of aromatic hydroxyl groups is 1. The van der Waals surface area contributed by atoms with Crippen molar-refractivity contribution in [2.45, 2.75) is 0 Å². The Labute approximate surface area is 127 Å². The molecule has 1 saturated heterocycles. The Balaban J connectivity index is 2.36. The third-order valence-corrected chi connectivity index (χ3v) is 3.58. The Morgan fingerprint density at radius 1 is 1.41 bits per heavy atom. The molecule has 10 heteroatoms. The van der Waals surface area contributed by atoms with Gasteiger partial charge in [-0.1, -0.05) is 0 Å². The summed E-state index contributed by atoms with van der Waals surface area (Å²) in [5, 5.41) is 28.2. The second kappa shape index (κ2) is 5.85. The van der Waals surface area contributed by atoms with Crippen molar-refractivity contribution in [3.8, 4) is 5.75 Å². The van der Waals surface area contributed by atoms with Crippen LogP contribution in [0.2, 0.25) is 0 Å². The van der Waals surface area contributed by atoms with Gasteiger partial charge in [-0.25, -0.2) is 0 Å². The third kappa shape index (κ3) is 3.06. The van der Waals surface area contributed by atoms with Crippen LogP contribution < -0.4 is 0 Å². The van der Waals surface area contributed by atoms with E-state index < -0.39 is 28.6 Å². The average Bonchev–Trinajstić information content (AvgIpc) is 2.68. The molecule has 2 rings (SSSR count). The molecule has 0 bridgehead atoms. The molecule has 1 heterocycles. The first kappa shape index (κ1) is 15.5. The van der Waals surface area contributed by atoms with Crippen LogP contribution in [0.15, 0.2) is 23.1 Å². The zero-order valence-electron chi connectivity index (χ0n) is 10.8. The topological polar surface area (TPSA) is 138 Å². The van der Waals surface area contributed by atoms with Crippen molar-refractivity contribution in [3.05, 3.63) is 38.8 Å². The molecule has 1 fully saturated rings. The number of amides is 2. The van der Waals surface area contributed by atoms with Crippen LogP contribution in [0, 0.1) is 10.1 Å². The van der Waals surface area contributed by atoms with Crippen molar-refractivity contribution in [2.24, 2.45) is 0 Å². The highest BCUT2D eigenvalue weighted by atomic mass is 32.2. The molecule has 0 aliphatic carbocycles. The Morgan fingerprint density at radius 2 is 2.09 bits per heavy atom. The molecule has 22 heavy (non-hydrogen) atoms. The maximum absolute atomic E-state index is 11.9. The van der Waals surface area contributed by atoms with Gasteiger partial charge < -0.3 is 10.2 Å². The van der Waals surface area contributed by atoms with Crippen LogP contribution in [-0.4, -0.2) is 43.7 Å². The molecule has 1 aromatic rings. The van der Waals surface area contributed by atoms with Gasteiger partial charge in [-0.15, -0.1) is 0 Å². The summed E-state index contributed by atoms with van der Waals surface area (Å²) in [6, 6.07) is 3.22. The number of hydrogen-bond donors (Lipinski definition) is 2. The van der Waals surface area contributed by atoms with Crippen molar-refractivity contribution in [2.75, 3.05) is 6.54 Å². The van der Waals surface area contributed by atoms with Gasteiger partial charge >= 0.3 is 5.97 Å². The van der Waals surface area contributed by atoms with Crippen molar-refractivity contribution < 1.29 is 29.5 Å². The van der Waals surface area contributed by atoms with Crippen LogP contribution in [-0.2, 0) is 9.59 Å². The number of nitro groups is 1. The molecule has 1 aliphatic rings. The molecular weight excluding hydrogens is 316 g/mol. The van der Waals surface area contributed by atoms with Gasteiger partial charge in [0.1, 0.15) is 12.3 Å². The standard InChI is InChI=1S/C12H8N2O7S/c15-8-2-1-7(14(20)21)3-6(8)4-9-11(18)13(5-10(16)17)12(19)22-9/h1-4,15H,5H2,(H,16,17). The van der Waals surface area contributed by atoms with E-state index in [4.69, 9.17) is 5.11 Å². The molecule has 0 spiro atoms. The lowest BCUT2D eigenvalue weighted by molar-refractivity contribution is -0.384. The number of thioether (sulfide) groups is 1. The molecule has 0 radical (unpaired) electrons. The fourth-order valence-electron chi connectivity index (χ4n) is 1.68. The number of carboxylic acids is 1. The van der Waals surface area contributed by atoms with Crippen molar-refractivity contribution in [1.29, 1.82) is 0 Å². The number of phenols is 1. The minimum Gasteiger partial charge on any atom is -0.507 e. The van der Waals surface area contributed by atoms with E-state index in [1.54, 1.807) is 0 Å². The number of imide groups is 1. The zero-order valence-corrected chi connectivity index (χ0v) is 11.6. The number of rotatable bonds is 4. The van der Waals surface area contributed by atoms with E-state index in [0.29, 0.717) is 16.7 Å². The van der Waals surface area contributed by atoms with Gasteiger partial charge in [0, 0.05) is 17.7 Å². The summed E-state index contributed by atoms with van der Waals surface area (Å²) in [7, 11) is 0. The predicted octanol–water partition coefficient (Wildman–Crippen LogP) is 1.42. The summed E-state index contributed by atoms with van der Waals surface area (Å²) in [5.41, 5.74) is -0.316. The number of carboxylic acid groups (broad SMARTS) is 1. The molecule has 0 saturated carbocycles. The van der Waals surface area contributed by atoms with Gasteiger partial charge in [-0.05, 0) is 23.9 Å². The number of carbonyl (C=O) groups excluding carboxylic acids is 2. The van der Waals surface area contributed by atoms with Crippen LogP contribution in [0.3, 0.4) is 0 Å². The summed E-state index contributed by atoms with van der Waals surface area (Å²) in [6.07, 6.45) is 1.11. The first-order chi connectivity index (χ1) is 10.3. The molecular formula is C12H8N2O7S. The molecule has 0 aromatic heterocycles. The summed E-state index contributed by atoms with van der Waals surface area (Å²) in [5.74, 6) is -2.49. The van der Waals surface area contributed by atoms with E-state index in [1.807, 2.05) is 0 Å². The van der Waals surface area contributed by atoms with Gasteiger partial charge in [0.15, 0.2) is 0 Å². The normalized spacial score (nSPS) is 16.4. The zero-order chi connectivity index (χ0) is 16.4. The van der Waals surface area contributed by atoms with E-state index in [2.05, 4.69) is 0 Å². The second-order valence-electron chi connectivity index (χ2n) is 4.16. The number of carbonyl (C=O) groups is 3. The van der Waals surface area contributed by atoms with E-state index in [-0.39, 0.29) is 21.9 Å². The van der Waals surface area contributed by atoms with Crippen LogP contribution in [0.25, 0.3) is 6.08 Å². The minimum absolute atomic E-state index is 0.0185. The minimum atomic E-state index is -1.35. The lowest BCUT2D eigenvalue weighted by Crippen LogP contribution is -2.33. The number of phenolic OH excluding ortho intramolecular Hbond substituents is 1. The first-order valence-corrected chi connectivity index (χ1v) is 6.56. The van der Waals surface area contributed by atoms with E-state index in [1.165, 1.54) is 0 Å². The number of aliphatic carboxylic acids is 1. The molecule has 0 atom stereocenters. The molecule has 1 aromatic carbocycles.